The third kappa shape index (κ3) is 3.57. The summed E-state index contributed by atoms with van der Waals surface area (Å²) in [5.74, 6) is 1.67. The van der Waals surface area contributed by atoms with Gasteiger partial charge in [-0.05, 0) is 32.0 Å². The Bertz CT molecular complexity index is 743. The summed E-state index contributed by atoms with van der Waals surface area (Å²) in [7, 11) is 0. The van der Waals surface area contributed by atoms with Crippen LogP contribution in [0.2, 0.25) is 0 Å². The van der Waals surface area contributed by atoms with Crippen LogP contribution in [0.15, 0.2) is 30.3 Å². The number of aryl methyl sites for hydroxylation is 1. The molecule has 1 N–H and O–H groups in total. The molecule has 0 unspecified atom stereocenters. The molecule has 0 bridgehead atoms. The molecule has 0 atom stereocenters. The Kier molecular flexibility index (Phi) is 4.80. The Labute approximate surface area is 142 Å². The average molecular weight is 322 g/mol. The number of hydrogen-bond donors (Lipinski definition) is 1. The van der Waals surface area contributed by atoms with E-state index in [9.17, 15) is 0 Å². The van der Waals surface area contributed by atoms with Crippen molar-refractivity contribution in [2.75, 3.05) is 47.8 Å². The van der Waals surface area contributed by atoms with E-state index in [1.165, 1.54) is 0 Å². The molecule has 1 aromatic carbocycles. The fraction of sp³-hybridized carbons (Fsp3) is 0.389. The molecule has 3 rings (SSSR count). The second kappa shape index (κ2) is 7.18. The zero-order chi connectivity index (χ0) is 16.9. The van der Waals surface area contributed by atoms with Gasteiger partial charge in [-0.25, -0.2) is 4.98 Å². The SMILES string of the molecule is CCNc1cc(C)nc(N2CCN(c3cccc(C#N)c3)CC2)n1. The molecule has 2 aromatic rings. The van der Waals surface area contributed by atoms with Crippen molar-refractivity contribution in [3.63, 3.8) is 0 Å². The predicted molar refractivity (Wildman–Crippen MR) is 96.5 cm³/mol. The summed E-state index contributed by atoms with van der Waals surface area (Å²) in [6.45, 7) is 8.42. The van der Waals surface area contributed by atoms with Crippen LogP contribution in [0.3, 0.4) is 0 Å². The van der Waals surface area contributed by atoms with Gasteiger partial charge in [0.15, 0.2) is 0 Å². The topological polar surface area (TPSA) is 68.1 Å². The maximum atomic E-state index is 9.05. The summed E-state index contributed by atoms with van der Waals surface area (Å²) in [6.07, 6.45) is 0. The van der Waals surface area contributed by atoms with Crippen LogP contribution in [-0.4, -0.2) is 42.7 Å². The quantitative estimate of drug-likeness (QED) is 0.932. The lowest BCUT2D eigenvalue weighted by atomic mass is 10.2. The summed E-state index contributed by atoms with van der Waals surface area (Å²) in [6, 6.07) is 11.9. The minimum absolute atomic E-state index is 0.701. The molecule has 0 spiro atoms. The number of aromatic nitrogens is 2. The number of nitrogens with one attached hydrogen (secondary N) is 1. The third-order valence-corrected chi connectivity index (χ3v) is 4.10. The van der Waals surface area contributed by atoms with Crippen molar-refractivity contribution in [2.24, 2.45) is 0 Å². The first-order valence-corrected chi connectivity index (χ1v) is 8.29. The zero-order valence-electron chi connectivity index (χ0n) is 14.2. The maximum Gasteiger partial charge on any atom is 0.227 e. The van der Waals surface area contributed by atoms with Gasteiger partial charge in [0.05, 0.1) is 11.6 Å². The highest BCUT2D eigenvalue weighted by molar-refractivity contribution is 5.53. The van der Waals surface area contributed by atoms with Crippen LogP contribution in [0.25, 0.3) is 0 Å². The van der Waals surface area contributed by atoms with Crippen LogP contribution < -0.4 is 15.1 Å². The van der Waals surface area contributed by atoms with Gasteiger partial charge in [0.1, 0.15) is 5.82 Å². The van der Waals surface area contributed by atoms with E-state index in [0.29, 0.717) is 5.56 Å². The van der Waals surface area contributed by atoms with Crippen molar-refractivity contribution in [1.29, 1.82) is 5.26 Å². The summed E-state index contributed by atoms with van der Waals surface area (Å²) in [5, 5.41) is 12.3. The highest BCUT2D eigenvalue weighted by Gasteiger charge is 2.20. The van der Waals surface area contributed by atoms with Crippen LogP contribution in [0.4, 0.5) is 17.5 Å². The largest absolute Gasteiger partial charge is 0.370 e. The molecule has 1 aliphatic heterocycles. The lowest BCUT2D eigenvalue weighted by molar-refractivity contribution is 0.639. The van der Waals surface area contributed by atoms with Crippen LogP contribution in [0.5, 0.6) is 0 Å². The van der Waals surface area contributed by atoms with Crippen LogP contribution in [0, 0.1) is 18.3 Å². The molecule has 2 heterocycles. The number of benzene rings is 1. The molecule has 0 saturated carbocycles. The number of hydrogen-bond acceptors (Lipinski definition) is 6. The third-order valence-electron chi connectivity index (χ3n) is 4.10. The number of nitrogens with zero attached hydrogens (tertiary/aromatic N) is 5. The fourth-order valence-electron chi connectivity index (χ4n) is 2.90. The number of nitriles is 1. The molecule has 124 valence electrons. The van der Waals surface area contributed by atoms with Crippen molar-refractivity contribution in [3.05, 3.63) is 41.6 Å². The van der Waals surface area contributed by atoms with Crippen LogP contribution in [0.1, 0.15) is 18.2 Å². The summed E-state index contributed by atoms with van der Waals surface area (Å²) < 4.78 is 0. The van der Waals surface area contributed by atoms with Crippen molar-refractivity contribution in [3.8, 4) is 6.07 Å². The van der Waals surface area contributed by atoms with Crippen molar-refractivity contribution < 1.29 is 0 Å². The van der Waals surface area contributed by atoms with Gasteiger partial charge in [0.2, 0.25) is 5.95 Å². The van der Waals surface area contributed by atoms with E-state index in [4.69, 9.17) is 5.26 Å². The number of rotatable bonds is 4. The summed E-state index contributed by atoms with van der Waals surface area (Å²) >= 11 is 0. The highest BCUT2D eigenvalue weighted by Crippen LogP contribution is 2.20. The van der Waals surface area contributed by atoms with Gasteiger partial charge < -0.3 is 15.1 Å². The zero-order valence-corrected chi connectivity index (χ0v) is 14.2. The van der Waals surface area contributed by atoms with Gasteiger partial charge in [-0.15, -0.1) is 0 Å². The Hall–Kier alpha value is -2.81. The van der Waals surface area contributed by atoms with Crippen molar-refractivity contribution in [1.82, 2.24) is 9.97 Å². The van der Waals surface area contributed by atoms with Gasteiger partial charge in [0.25, 0.3) is 0 Å². The smallest absolute Gasteiger partial charge is 0.227 e. The molecule has 24 heavy (non-hydrogen) atoms. The van der Waals surface area contributed by atoms with Crippen molar-refractivity contribution >= 4 is 17.5 Å². The van der Waals surface area contributed by atoms with Crippen LogP contribution >= 0.6 is 0 Å². The maximum absolute atomic E-state index is 9.05. The van der Waals surface area contributed by atoms with E-state index in [-0.39, 0.29) is 0 Å². The molecule has 0 amide bonds. The lowest BCUT2D eigenvalue weighted by Gasteiger charge is -2.36. The second-order valence-corrected chi connectivity index (χ2v) is 5.86. The standard InChI is InChI=1S/C18H22N6/c1-3-20-17-11-14(2)21-18(22-17)24-9-7-23(8-10-24)16-6-4-5-15(12-16)13-19/h4-6,11-12H,3,7-10H2,1-2H3,(H,20,21,22). The van der Waals surface area contributed by atoms with Crippen molar-refractivity contribution in [2.45, 2.75) is 13.8 Å². The lowest BCUT2D eigenvalue weighted by Crippen LogP contribution is -2.47. The van der Waals surface area contributed by atoms with Gasteiger partial charge in [-0.1, -0.05) is 6.07 Å². The van der Waals surface area contributed by atoms with E-state index in [1.54, 1.807) is 0 Å². The van der Waals surface area contributed by atoms with E-state index in [0.717, 1.165) is 55.9 Å². The van der Waals surface area contributed by atoms with Gasteiger partial charge in [-0.3, -0.25) is 0 Å². The molecule has 6 heteroatoms. The van der Waals surface area contributed by atoms with Gasteiger partial charge in [-0.2, -0.15) is 10.2 Å². The Morgan fingerprint density at radius 1 is 1.12 bits per heavy atom. The molecule has 0 aliphatic carbocycles. The van der Waals surface area contributed by atoms with Crippen LogP contribution in [-0.2, 0) is 0 Å². The van der Waals surface area contributed by atoms with Gasteiger partial charge >= 0.3 is 0 Å². The number of piperazine rings is 1. The average Bonchev–Trinajstić information content (AvgIpc) is 2.62. The Morgan fingerprint density at radius 3 is 2.58 bits per heavy atom. The first-order valence-electron chi connectivity index (χ1n) is 8.29. The van der Waals surface area contributed by atoms with Gasteiger partial charge in [0, 0.05) is 50.2 Å². The minimum Gasteiger partial charge on any atom is -0.370 e. The van der Waals surface area contributed by atoms with E-state index < -0.39 is 0 Å². The minimum atomic E-state index is 0.701. The monoisotopic (exact) mass is 322 g/mol. The second-order valence-electron chi connectivity index (χ2n) is 5.86. The molecule has 1 fully saturated rings. The molecule has 0 radical (unpaired) electrons. The molecule has 1 aliphatic rings. The first kappa shape index (κ1) is 16.1. The summed E-state index contributed by atoms with van der Waals surface area (Å²) in [4.78, 5) is 13.7. The molecule has 6 nitrogen and oxygen atoms in total. The van der Waals surface area contributed by atoms with E-state index in [2.05, 4.69) is 44.1 Å². The molecule has 1 saturated heterocycles. The fourth-order valence-corrected chi connectivity index (χ4v) is 2.90. The number of anilines is 3. The Balaban J connectivity index is 1.70. The highest BCUT2D eigenvalue weighted by atomic mass is 15.3. The molecular weight excluding hydrogens is 300 g/mol. The van der Waals surface area contributed by atoms with E-state index >= 15 is 0 Å². The normalized spacial score (nSPS) is 14.4. The summed E-state index contributed by atoms with van der Waals surface area (Å²) in [5.41, 5.74) is 2.78. The Morgan fingerprint density at radius 2 is 1.88 bits per heavy atom. The molecular formula is C18H22N6. The predicted octanol–water partition coefficient (Wildman–Crippen LogP) is 2.42. The molecule has 1 aromatic heterocycles. The first-order chi connectivity index (χ1) is 11.7. The van der Waals surface area contributed by atoms with E-state index in [1.807, 2.05) is 31.2 Å².